The molecular formula is C9H6Br2S. The smallest absolute Gasteiger partial charge is 0.0488 e. The molecule has 1 heterocycles. The van der Waals surface area contributed by atoms with E-state index in [1.807, 2.05) is 11.3 Å². The minimum absolute atomic E-state index is 0.943. The minimum Gasteiger partial charge on any atom is -0.138 e. The van der Waals surface area contributed by atoms with Crippen molar-refractivity contribution >= 4 is 53.3 Å². The highest BCUT2D eigenvalue weighted by Crippen LogP contribution is 2.32. The van der Waals surface area contributed by atoms with Gasteiger partial charge in [-0.15, -0.1) is 11.3 Å². The van der Waals surface area contributed by atoms with Gasteiger partial charge in [-0.05, 0) is 33.4 Å². The fourth-order valence-corrected chi connectivity index (χ4v) is 3.19. The lowest BCUT2D eigenvalue weighted by molar-refractivity contribution is 1.60. The fourth-order valence-electron chi connectivity index (χ4n) is 1.15. The number of thiophene rings is 1. The molecule has 0 bridgehead atoms. The van der Waals surface area contributed by atoms with Crippen molar-refractivity contribution in [3.05, 3.63) is 33.6 Å². The molecule has 0 unspecified atom stereocenters. The van der Waals surface area contributed by atoms with E-state index in [0.717, 1.165) is 5.33 Å². The summed E-state index contributed by atoms with van der Waals surface area (Å²) in [7, 11) is 0. The van der Waals surface area contributed by atoms with Gasteiger partial charge in [-0.3, -0.25) is 0 Å². The molecule has 0 saturated heterocycles. The van der Waals surface area contributed by atoms with E-state index < -0.39 is 0 Å². The summed E-state index contributed by atoms with van der Waals surface area (Å²) in [5.41, 5.74) is 0. The largest absolute Gasteiger partial charge is 0.138 e. The van der Waals surface area contributed by atoms with E-state index in [1.165, 1.54) is 19.4 Å². The van der Waals surface area contributed by atoms with Crippen LogP contribution in [0.3, 0.4) is 0 Å². The lowest BCUT2D eigenvalue weighted by Gasteiger charge is -1.89. The number of halogens is 2. The van der Waals surface area contributed by atoms with E-state index >= 15 is 0 Å². The Morgan fingerprint density at radius 2 is 2.17 bits per heavy atom. The number of alkyl halides is 1. The first-order valence-electron chi connectivity index (χ1n) is 3.54. The molecule has 0 aliphatic rings. The molecule has 3 heteroatoms. The maximum atomic E-state index is 3.53. The van der Waals surface area contributed by atoms with Gasteiger partial charge in [0.25, 0.3) is 0 Å². The summed E-state index contributed by atoms with van der Waals surface area (Å²) in [4.78, 5) is 1.37. The topological polar surface area (TPSA) is 0 Å². The van der Waals surface area contributed by atoms with E-state index in [4.69, 9.17) is 0 Å². The maximum Gasteiger partial charge on any atom is 0.0488 e. The lowest BCUT2D eigenvalue weighted by atomic mass is 10.2. The monoisotopic (exact) mass is 304 g/mol. The van der Waals surface area contributed by atoms with Crippen LogP contribution >= 0.6 is 43.2 Å². The Kier molecular flexibility index (Phi) is 2.53. The normalized spacial score (nSPS) is 10.8. The van der Waals surface area contributed by atoms with E-state index in [1.54, 1.807) is 0 Å². The molecular weight excluding hydrogens is 300 g/mol. The molecule has 2 aromatic rings. The summed E-state index contributed by atoms with van der Waals surface area (Å²) in [6.07, 6.45) is 0. The Hall–Kier alpha value is 0.140. The van der Waals surface area contributed by atoms with E-state index in [0.29, 0.717) is 0 Å². The van der Waals surface area contributed by atoms with Gasteiger partial charge in [0.05, 0.1) is 0 Å². The molecule has 62 valence electrons. The highest BCUT2D eigenvalue weighted by molar-refractivity contribution is 9.10. The Bertz CT molecular complexity index is 406. The van der Waals surface area contributed by atoms with Gasteiger partial charge in [-0.1, -0.05) is 28.1 Å². The second-order valence-corrected chi connectivity index (χ2v) is 5.06. The van der Waals surface area contributed by atoms with Gasteiger partial charge in [0.15, 0.2) is 0 Å². The third-order valence-corrected chi connectivity index (χ3v) is 4.76. The summed E-state index contributed by atoms with van der Waals surface area (Å²) >= 11 is 8.82. The molecule has 1 aromatic heterocycles. The standard InChI is InChI=1S/C9H6Br2S/c10-5-7-4-6-2-1-3-8(11)9(6)12-7/h1-4H,5H2. The van der Waals surface area contributed by atoms with Crippen molar-refractivity contribution in [3.63, 3.8) is 0 Å². The first kappa shape index (κ1) is 8.73. The van der Waals surface area contributed by atoms with Crippen LogP contribution in [0.4, 0.5) is 0 Å². The molecule has 2 rings (SSSR count). The van der Waals surface area contributed by atoms with Crippen LogP contribution in [0.25, 0.3) is 10.1 Å². The van der Waals surface area contributed by atoms with Crippen LogP contribution in [0.5, 0.6) is 0 Å². The summed E-state index contributed by atoms with van der Waals surface area (Å²) in [5, 5.41) is 2.27. The molecule has 0 spiro atoms. The second kappa shape index (κ2) is 3.48. The van der Waals surface area contributed by atoms with Gasteiger partial charge < -0.3 is 0 Å². The van der Waals surface area contributed by atoms with E-state index in [2.05, 4.69) is 56.1 Å². The van der Waals surface area contributed by atoms with E-state index in [-0.39, 0.29) is 0 Å². The zero-order valence-electron chi connectivity index (χ0n) is 6.18. The molecule has 0 saturated carbocycles. The zero-order valence-corrected chi connectivity index (χ0v) is 10.2. The van der Waals surface area contributed by atoms with Gasteiger partial charge in [-0.2, -0.15) is 0 Å². The van der Waals surface area contributed by atoms with Crippen LogP contribution in [0, 0.1) is 0 Å². The van der Waals surface area contributed by atoms with Gasteiger partial charge in [0.1, 0.15) is 0 Å². The van der Waals surface area contributed by atoms with Crippen molar-refractivity contribution in [2.75, 3.05) is 0 Å². The van der Waals surface area contributed by atoms with Gasteiger partial charge in [-0.25, -0.2) is 0 Å². The predicted molar refractivity (Wildman–Crippen MR) is 62.2 cm³/mol. The Balaban J connectivity index is 2.74. The molecule has 0 aliphatic heterocycles. The third-order valence-electron chi connectivity index (χ3n) is 1.68. The predicted octanol–water partition coefficient (Wildman–Crippen LogP) is 4.56. The van der Waals surface area contributed by atoms with Gasteiger partial charge in [0.2, 0.25) is 0 Å². The summed E-state index contributed by atoms with van der Waals surface area (Å²) in [6, 6.07) is 8.51. The van der Waals surface area contributed by atoms with Crippen molar-refractivity contribution in [3.8, 4) is 0 Å². The molecule has 0 radical (unpaired) electrons. The minimum atomic E-state index is 0.943. The van der Waals surface area contributed by atoms with Crippen LogP contribution in [0.2, 0.25) is 0 Å². The first-order chi connectivity index (χ1) is 5.81. The quantitative estimate of drug-likeness (QED) is 0.678. The van der Waals surface area contributed by atoms with Crippen molar-refractivity contribution in [2.24, 2.45) is 0 Å². The fraction of sp³-hybridized carbons (Fsp3) is 0.111. The SMILES string of the molecule is BrCc1cc2cccc(Br)c2s1. The number of rotatable bonds is 1. The Morgan fingerprint density at radius 3 is 2.83 bits per heavy atom. The van der Waals surface area contributed by atoms with Crippen molar-refractivity contribution in [2.45, 2.75) is 5.33 Å². The molecule has 12 heavy (non-hydrogen) atoms. The summed E-state index contributed by atoms with van der Waals surface area (Å²) < 4.78 is 2.53. The highest BCUT2D eigenvalue weighted by atomic mass is 79.9. The summed E-state index contributed by atoms with van der Waals surface area (Å²) in [6.45, 7) is 0. The van der Waals surface area contributed by atoms with Crippen LogP contribution in [-0.2, 0) is 5.33 Å². The molecule has 0 nitrogen and oxygen atoms in total. The summed E-state index contributed by atoms with van der Waals surface area (Å²) in [5.74, 6) is 0. The van der Waals surface area contributed by atoms with Crippen LogP contribution < -0.4 is 0 Å². The lowest BCUT2D eigenvalue weighted by Crippen LogP contribution is -1.62. The average Bonchev–Trinajstić information content (AvgIpc) is 2.49. The molecule has 0 aliphatic carbocycles. The molecule has 0 amide bonds. The molecule has 0 fully saturated rings. The van der Waals surface area contributed by atoms with Gasteiger partial charge in [0, 0.05) is 19.4 Å². The Labute approximate surface area is 91.9 Å². The average molecular weight is 306 g/mol. The van der Waals surface area contributed by atoms with Gasteiger partial charge >= 0.3 is 0 Å². The molecule has 0 N–H and O–H groups in total. The Morgan fingerprint density at radius 1 is 1.33 bits per heavy atom. The third kappa shape index (κ3) is 1.45. The number of hydrogen-bond acceptors (Lipinski definition) is 1. The highest BCUT2D eigenvalue weighted by Gasteiger charge is 2.02. The number of hydrogen-bond donors (Lipinski definition) is 0. The zero-order chi connectivity index (χ0) is 8.55. The first-order valence-corrected chi connectivity index (χ1v) is 6.27. The number of benzene rings is 1. The van der Waals surface area contributed by atoms with Crippen LogP contribution in [0.1, 0.15) is 4.88 Å². The van der Waals surface area contributed by atoms with Crippen LogP contribution in [0.15, 0.2) is 28.7 Å². The second-order valence-electron chi connectivity index (χ2n) is 2.50. The molecule has 0 atom stereocenters. The van der Waals surface area contributed by atoms with E-state index in [9.17, 15) is 0 Å². The molecule has 1 aromatic carbocycles. The van der Waals surface area contributed by atoms with Crippen LogP contribution in [-0.4, -0.2) is 0 Å². The van der Waals surface area contributed by atoms with Crippen molar-refractivity contribution in [1.82, 2.24) is 0 Å². The maximum absolute atomic E-state index is 3.53. The van der Waals surface area contributed by atoms with Crippen molar-refractivity contribution < 1.29 is 0 Å². The number of fused-ring (bicyclic) bond motifs is 1. The van der Waals surface area contributed by atoms with Crippen molar-refractivity contribution in [1.29, 1.82) is 0 Å².